The van der Waals surface area contributed by atoms with Crippen LogP contribution in [0.5, 0.6) is 5.75 Å². The Labute approximate surface area is 164 Å². The SMILES string of the molecule is O=C(CNS(=O)(=O)c1cccc(C(F)(F)F)c1)NCCOc1cccc(Cl)c1. The average Bonchev–Trinajstić information content (AvgIpc) is 2.63. The van der Waals surface area contributed by atoms with E-state index in [1.54, 1.807) is 24.3 Å². The quantitative estimate of drug-likeness (QED) is 0.623. The number of amides is 1. The molecule has 0 fully saturated rings. The molecule has 152 valence electrons. The molecule has 6 nitrogen and oxygen atoms in total. The largest absolute Gasteiger partial charge is 0.492 e. The summed E-state index contributed by atoms with van der Waals surface area (Å²) in [5.74, 6) is -0.155. The van der Waals surface area contributed by atoms with Gasteiger partial charge in [-0.05, 0) is 36.4 Å². The van der Waals surface area contributed by atoms with E-state index in [4.69, 9.17) is 16.3 Å². The van der Waals surface area contributed by atoms with Gasteiger partial charge in [0.25, 0.3) is 0 Å². The number of carbonyl (C=O) groups is 1. The minimum absolute atomic E-state index is 0.0939. The van der Waals surface area contributed by atoms with Crippen molar-refractivity contribution < 1.29 is 31.1 Å². The van der Waals surface area contributed by atoms with Crippen LogP contribution >= 0.6 is 11.6 Å². The van der Waals surface area contributed by atoms with Gasteiger partial charge in [-0.15, -0.1) is 0 Å². The normalized spacial score (nSPS) is 11.9. The average molecular weight is 437 g/mol. The van der Waals surface area contributed by atoms with E-state index >= 15 is 0 Å². The molecule has 1 amide bonds. The first-order valence-corrected chi connectivity index (χ1v) is 9.76. The molecule has 0 radical (unpaired) electrons. The van der Waals surface area contributed by atoms with E-state index in [1.807, 2.05) is 4.72 Å². The van der Waals surface area contributed by atoms with E-state index in [9.17, 15) is 26.4 Å². The Morgan fingerprint density at radius 3 is 2.50 bits per heavy atom. The number of hydrogen-bond donors (Lipinski definition) is 2. The molecule has 0 aromatic heterocycles. The standard InChI is InChI=1S/C17H16ClF3N2O4S/c18-13-4-2-5-14(10-13)27-8-7-22-16(24)11-23-28(25,26)15-6-1-3-12(9-15)17(19,20)21/h1-6,9-10,23H,7-8,11H2,(H,22,24). The second kappa shape index (κ2) is 9.26. The lowest BCUT2D eigenvalue weighted by atomic mass is 10.2. The first-order valence-electron chi connectivity index (χ1n) is 7.90. The van der Waals surface area contributed by atoms with Crippen LogP contribution in [0.1, 0.15) is 5.56 Å². The molecule has 0 aliphatic heterocycles. The fourth-order valence-corrected chi connectivity index (χ4v) is 3.27. The molecule has 0 aliphatic carbocycles. The Kier molecular flexibility index (Phi) is 7.28. The van der Waals surface area contributed by atoms with Crippen molar-refractivity contribution in [2.75, 3.05) is 19.7 Å². The lowest BCUT2D eigenvalue weighted by molar-refractivity contribution is -0.137. The van der Waals surface area contributed by atoms with Crippen LogP contribution in [0.4, 0.5) is 13.2 Å². The van der Waals surface area contributed by atoms with Gasteiger partial charge in [-0.3, -0.25) is 4.79 Å². The first-order chi connectivity index (χ1) is 13.1. The van der Waals surface area contributed by atoms with Crippen molar-refractivity contribution in [2.45, 2.75) is 11.1 Å². The summed E-state index contributed by atoms with van der Waals surface area (Å²) < 4.78 is 69.5. The smallest absolute Gasteiger partial charge is 0.416 e. The minimum atomic E-state index is -4.67. The molecular formula is C17H16ClF3N2O4S. The van der Waals surface area contributed by atoms with E-state index in [2.05, 4.69) is 5.32 Å². The zero-order valence-electron chi connectivity index (χ0n) is 14.3. The highest BCUT2D eigenvalue weighted by Gasteiger charge is 2.31. The van der Waals surface area contributed by atoms with Crippen LogP contribution in [-0.2, 0) is 21.0 Å². The topological polar surface area (TPSA) is 84.5 Å². The summed E-state index contributed by atoms with van der Waals surface area (Å²) >= 11 is 5.80. The van der Waals surface area contributed by atoms with Crippen molar-refractivity contribution in [3.63, 3.8) is 0 Å². The van der Waals surface area contributed by atoms with E-state index in [0.717, 1.165) is 18.2 Å². The lowest BCUT2D eigenvalue weighted by Gasteiger charge is -2.11. The van der Waals surface area contributed by atoms with Gasteiger partial charge in [-0.1, -0.05) is 23.7 Å². The molecule has 2 rings (SSSR count). The van der Waals surface area contributed by atoms with Crippen LogP contribution in [0.15, 0.2) is 53.4 Å². The summed E-state index contributed by atoms with van der Waals surface area (Å²) in [4.78, 5) is 11.1. The Morgan fingerprint density at radius 2 is 1.82 bits per heavy atom. The molecule has 0 bridgehead atoms. The van der Waals surface area contributed by atoms with Gasteiger partial charge in [-0.25, -0.2) is 13.1 Å². The highest BCUT2D eigenvalue weighted by atomic mass is 35.5. The third kappa shape index (κ3) is 6.70. The van der Waals surface area contributed by atoms with E-state index in [0.29, 0.717) is 16.8 Å². The van der Waals surface area contributed by atoms with Crippen molar-refractivity contribution in [2.24, 2.45) is 0 Å². The lowest BCUT2D eigenvalue weighted by Crippen LogP contribution is -2.38. The van der Waals surface area contributed by atoms with Gasteiger partial charge in [0.2, 0.25) is 15.9 Å². The zero-order chi connectivity index (χ0) is 20.8. The number of carbonyl (C=O) groups excluding carboxylic acids is 1. The number of sulfonamides is 1. The van der Waals surface area contributed by atoms with Crippen LogP contribution in [0.2, 0.25) is 5.02 Å². The summed E-state index contributed by atoms with van der Waals surface area (Å²) in [6.07, 6.45) is -4.67. The molecule has 0 atom stereocenters. The monoisotopic (exact) mass is 436 g/mol. The molecule has 0 saturated heterocycles. The second-order valence-corrected chi connectivity index (χ2v) is 7.71. The second-order valence-electron chi connectivity index (χ2n) is 5.51. The van der Waals surface area contributed by atoms with Crippen LogP contribution in [0.25, 0.3) is 0 Å². The minimum Gasteiger partial charge on any atom is -0.492 e. The molecule has 2 aromatic rings. The van der Waals surface area contributed by atoms with Crippen molar-refractivity contribution in [1.82, 2.24) is 10.0 Å². The maximum absolute atomic E-state index is 12.7. The third-order valence-corrected chi connectivity index (χ3v) is 5.02. The number of alkyl halides is 3. The van der Waals surface area contributed by atoms with Gasteiger partial charge in [-0.2, -0.15) is 13.2 Å². The van der Waals surface area contributed by atoms with Crippen LogP contribution in [0.3, 0.4) is 0 Å². The van der Waals surface area contributed by atoms with Gasteiger partial charge in [0.1, 0.15) is 12.4 Å². The number of halogens is 4. The van der Waals surface area contributed by atoms with Gasteiger partial charge >= 0.3 is 6.18 Å². The first kappa shape index (κ1) is 22.0. The van der Waals surface area contributed by atoms with Crippen LogP contribution in [0, 0.1) is 0 Å². The van der Waals surface area contributed by atoms with Gasteiger partial charge in [0.15, 0.2) is 0 Å². The fourth-order valence-electron chi connectivity index (χ4n) is 2.06. The van der Waals surface area contributed by atoms with Crippen molar-refractivity contribution >= 4 is 27.5 Å². The van der Waals surface area contributed by atoms with Gasteiger partial charge < -0.3 is 10.1 Å². The summed E-state index contributed by atoms with van der Waals surface area (Å²) in [6.45, 7) is -0.418. The van der Waals surface area contributed by atoms with E-state index < -0.39 is 39.1 Å². The Morgan fingerprint density at radius 1 is 1.11 bits per heavy atom. The Balaban J connectivity index is 1.81. The molecule has 0 saturated carbocycles. The maximum atomic E-state index is 12.7. The van der Waals surface area contributed by atoms with Crippen molar-refractivity contribution in [3.8, 4) is 5.75 Å². The number of benzene rings is 2. The maximum Gasteiger partial charge on any atom is 0.416 e. The molecule has 2 N–H and O–H groups in total. The molecule has 2 aromatic carbocycles. The third-order valence-electron chi connectivity index (χ3n) is 3.38. The Bertz CT molecular complexity index is 936. The van der Waals surface area contributed by atoms with E-state index in [1.165, 1.54) is 0 Å². The summed E-state index contributed by atoms with van der Waals surface area (Å²) in [5.41, 5.74) is -1.10. The van der Waals surface area contributed by atoms with Gasteiger partial charge in [0, 0.05) is 5.02 Å². The van der Waals surface area contributed by atoms with Crippen LogP contribution < -0.4 is 14.8 Å². The Hall–Kier alpha value is -2.30. The van der Waals surface area contributed by atoms with Crippen molar-refractivity contribution in [3.05, 3.63) is 59.1 Å². The zero-order valence-corrected chi connectivity index (χ0v) is 15.9. The fraction of sp³-hybridized carbons (Fsp3) is 0.235. The summed E-state index contributed by atoms with van der Waals surface area (Å²) in [5, 5.41) is 2.91. The number of ether oxygens (including phenoxy) is 1. The molecule has 0 spiro atoms. The predicted molar refractivity (Wildman–Crippen MR) is 96.6 cm³/mol. The highest BCUT2D eigenvalue weighted by molar-refractivity contribution is 7.89. The predicted octanol–water partition coefficient (Wildman–Crippen LogP) is 2.83. The number of rotatable bonds is 8. The molecule has 0 heterocycles. The summed E-state index contributed by atoms with van der Waals surface area (Å²) in [7, 11) is -4.27. The molecule has 0 aliphatic rings. The van der Waals surface area contributed by atoms with Gasteiger partial charge in [0.05, 0.1) is 23.5 Å². The molecule has 0 unspecified atom stereocenters. The van der Waals surface area contributed by atoms with Crippen molar-refractivity contribution in [1.29, 1.82) is 0 Å². The number of nitrogens with one attached hydrogen (secondary N) is 2. The number of hydrogen-bond acceptors (Lipinski definition) is 4. The molecular weight excluding hydrogens is 421 g/mol. The molecule has 28 heavy (non-hydrogen) atoms. The van der Waals surface area contributed by atoms with E-state index in [-0.39, 0.29) is 13.2 Å². The highest BCUT2D eigenvalue weighted by Crippen LogP contribution is 2.30. The van der Waals surface area contributed by atoms with Crippen LogP contribution in [-0.4, -0.2) is 34.0 Å². The summed E-state index contributed by atoms with van der Waals surface area (Å²) in [6, 6.07) is 9.87. The molecule has 11 heteroatoms.